The molecule has 9 nitrogen and oxygen atoms in total. The van der Waals surface area contributed by atoms with Crippen molar-refractivity contribution in [3.8, 4) is 0 Å². The maximum absolute atomic E-state index is 12.7. The summed E-state index contributed by atoms with van der Waals surface area (Å²) in [7, 11) is -1.90. The fourth-order valence-electron chi connectivity index (χ4n) is 3.10. The first-order chi connectivity index (χ1) is 13.6. The summed E-state index contributed by atoms with van der Waals surface area (Å²) in [5, 5.41) is 2.65. The molecule has 2 rings (SSSR count). The Morgan fingerprint density at radius 2 is 1.93 bits per heavy atom. The molecule has 0 spiro atoms. The Labute approximate surface area is 170 Å². The van der Waals surface area contributed by atoms with Crippen molar-refractivity contribution in [1.82, 2.24) is 14.5 Å². The molecule has 1 aliphatic heterocycles. The largest absolute Gasteiger partial charge is 0.452 e. The van der Waals surface area contributed by atoms with Crippen molar-refractivity contribution in [3.63, 3.8) is 0 Å². The van der Waals surface area contributed by atoms with E-state index in [4.69, 9.17) is 0 Å². The van der Waals surface area contributed by atoms with E-state index < -0.39 is 22.1 Å². The van der Waals surface area contributed by atoms with Crippen molar-refractivity contribution < 1.29 is 27.5 Å². The fraction of sp³-hybridized carbons (Fsp3) is 0.421. The summed E-state index contributed by atoms with van der Waals surface area (Å²) < 4.78 is 30.4. The van der Waals surface area contributed by atoms with Crippen molar-refractivity contribution in [2.24, 2.45) is 0 Å². The maximum atomic E-state index is 12.7. The molecule has 0 aromatic heterocycles. The molecule has 0 aliphatic carbocycles. The Hall–Kier alpha value is -2.88. The molecule has 4 amide bonds. The van der Waals surface area contributed by atoms with E-state index in [-0.39, 0.29) is 30.3 Å². The molecule has 0 fully saturated rings. The molecule has 1 N–H and O–H groups in total. The van der Waals surface area contributed by atoms with Crippen molar-refractivity contribution in [2.45, 2.75) is 31.6 Å². The summed E-state index contributed by atoms with van der Waals surface area (Å²) in [6.07, 6.45) is -0.242. The Kier molecular flexibility index (Phi) is 7.02. The lowest BCUT2D eigenvalue weighted by atomic mass is 10.1. The monoisotopic (exact) mass is 423 g/mol. The van der Waals surface area contributed by atoms with Gasteiger partial charge in [0.15, 0.2) is 0 Å². The Balaban J connectivity index is 2.07. The van der Waals surface area contributed by atoms with Gasteiger partial charge >= 0.3 is 12.1 Å². The highest BCUT2D eigenvalue weighted by molar-refractivity contribution is 7.89. The van der Waals surface area contributed by atoms with Crippen LogP contribution in [0.25, 0.3) is 0 Å². The average Bonchev–Trinajstić information content (AvgIpc) is 3.00. The number of hydrogen-bond acceptors (Lipinski definition) is 6. The van der Waals surface area contributed by atoms with Crippen LogP contribution in [0.15, 0.2) is 40.3 Å². The van der Waals surface area contributed by atoms with Crippen LogP contribution < -0.4 is 5.32 Å². The second-order valence-electron chi connectivity index (χ2n) is 6.54. The summed E-state index contributed by atoms with van der Waals surface area (Å²) in [5.74, 6) is -0.301. The van der Waals surface area contributed by atoms with Gasteiger partial charge in [-0.3, -0.25) is 9.69 Å². The van der Waals surface area contributed by atoms with E-state index in [1.54, 1.807) is 18.2 Å². The zero-order valence-electron chi connectivity index (χ0n) is 16.9. The molecule has 0 bridgehead atoms. The number of sulfonamides is 1. The molecule has 0 saturated heterocycles. The third-order valence-corrected chi connectivity index (χ3v) is 6.55. The van der Waals surface area contributed by atoms with Crippen LogP contribution in [0.5, 0.6) is 0 Å². The van der Waals surface area contributed by atoms with E-state index in [0.29, 0.717) is 21.9 Å². The molecule has 1 aromatic rings. The van der Waals surface area contributed by atoms with E-state index in [1.165, 1.54) is 6.07 Å². The van der Waals surface area contributed by atoms with Crippen LogP contribution in [0.2, 0.25) is 0 Å². The van der Waals surface area contributed by atoms with Crippen LogP contribution in [0, 0.1) is 0 Å². The van der Waals surface area contributed by atoms with Gasteiger partial charge in [0.25, 0.3) is 15.9 Å². The minimum atomic E-state index is -4.10. The molecule has 0 atom stereocenters. The smallest absolute Gasteiger partial charge is 0.423 e. The number of carbonyl (C=O) groups is 3. The molecule has 1 aromatic carbocycles. The lowest BCUT2D eigenvalue weighted by Gasteiger charge is -2.19. The number of benzene rings is 1. The summed E-state index contributed by atoms with van der Waals surface area (Å²) in [4.78, 5) is 37.3. The van der Waals surface area contributed by atoms with Crippen LogP contribution in [0.1, 0.15) is 25.8 Å². The van der Waals surface area contributed by atoms with Crippen LogP contribution >= 0.6 is 0 Å². The van der Waals surface area contributed by atoms with E-state index in [9.17, 15) is 22.8 Å². The van der Waals surface area contributed by atoms with Gasteiger partial charge in [-0.05, 0) is 37.0 Å². The molecule has 0 radical (unpaired) electrons. The summed E-state index contributed by atoms with van der Waals surface area (Å²) in [6, 6.07) is 5.68. The highest BCUT2D eigenvalue weighted by Gasteiger charge is 2.31. The number of imide groups is 1. The van der Waals surface area contributed by atoms with Crippen molar-refractivity contribution in [2.75, 3.05) is 27.2 Å². The van der Waals surface area contributed by atoms with Crippen LogP contribution in [-0.4, -0.2) is 62.9 Å². The van der Waals surface area contributed by atoms with Gasteiger partial charge in [0.05, 0.1) is 18.6 Å². The molecule has 158 valence electrons. The van der Waals surface area contributed by atoms with Crippen LogP contribution in [0.4, 0.5) is 9.59 Å². The third-order valence-electron chi connectivity index (χ3n) is 4.73. The van der Waals surface area contributed by atoms with Gasteiger partial charge in [0.2, 0.25) is 0 Å². The van der Waals surface area contributed by atoms with E-state index in [0.717, 1.165) is 24.6 Å². The summed E-state index contributed by atoms with van der Waals surface area (Å²) in [6.45, 7) is 4.06. The number of nitrogens with zero attached hydrogens (tertiary/aromatic N) is 2. The first kappa shape index (κ1) is 22.4. The number of nitrogens with one attached hydrogen (secondary N) is 1. The highest BCUT2D eigenvalue weighted by Crippen LogP contribution is 2.22. The predicted molar refractivity (Wildman–Crippen MR) is 106 cm³/mol. The predicted octanol–water partition coefficient (Wildman–Crippen LogP) is 1.89. The second-order valence-corrected chi connectivity index (χ2v) is 8.47. The quantitative estimate of drug-likeness (QED) is 0.748. The molecule has 1 heterocycles. The molecule has 0 unspecified atom stereocenters. The molecule has 29 heavy (non-hydrogen) atoms. The fourth-order valence-corrected chi connectivity index (χ4v) is 4.42. The molecular formula is C19H25N3O6S. The number of carbonyl (C=O) groups excluding carboxylic acids is 3. The second kappa shape index (κ2) is 9.08. The van der Waals surface area contributed by atoms with E-state index in [2.05, 4.69) is 10.1 Å². The molecule has 0 saturated carbocycles. The zero-order valence-corrected chi connectivity index (χ0v) is 17.7. The van der Waals surface area contributed by atoms with Gasteiger partial charge in [-0.15, -0.1) is 0 Å². The lowest BCUT2D eigenvalue weighted by molar-refractivity contribution is -0.123. The molecule has 1 aliphatic rings. The van der Waals surface area contributed by atoms with Gasteiger partial charge in [-0.2, -0.15) is 0 Å². The van der Waals surface area contributed by atoms with E-state index in [1.807, 2.05) is 13.8 Å². The molecular weight excluding hydrogens is 398 g/mol. The van der Waals surface area contributed by atoms with Gasteiger partial charge < -0.3 is 10.1 Å². The standard InChI is InChI=1S/C19H25N3O6S/c1-5-15-13(2)12-22(17(15)23)18(24)20-11-10-14-8-6-7-9-16(14)29(26,27)21(3)19(25)28-4/h6-9H,5,10-12H2,1-4H3,(H,20,24). The van der Waals surface area contributed by atoms with Crippen molar-refractivity contribution >= 4 is 28.1 Å². The lowest BCUT2D eigenvalue weighted by Crippen LogP contribution is -2.42. The van der Waals surface area contributed by atoms with Gasteiger partial charge in [-0.25, -0.2) is 22.3 Å². The average molecular weight is 423 g/mol. The van der Waals surface area contributed by atoms with Gasteiger partial charge in [0, 0.05) is 19.2 Å². The third kappa shape index (κ3) is 4.58. The number of hydrogen-bond donors (Lipinski definition) is 1. The number of methoxy groups -OCH3 is 1. The summed E-state index contributed by atoms with van der Waals surface area (Å²) >= 11 is 0. The first-order valence-corrected chi connectivity index (χ1v) is 10.5. The van der Waals surface area contributed by atoms with Crippen molar-refractivity contribution in [3.05, 3.63) is 41.0 Å². The Morgan fingerprint density at radius 3 is 2.52 bits per heavy atom. The zero-order chi connectivity index (χ0) is 21.8. The van der Waals surface area contributed by atoms with Crippen LogP contribution in [0.3, 0.4) is 0 Å². The first-order valence-electron chi connectivity index (χ1n) is 9.08. The Bertz CT molecular complexity index is 954. The molecule has 10 heteroatoms. The number of rotatable bonds is 6. The number of ether oxygens (including phenoxy) is 1. The normalized spacial score (nSPS) is 14.2. The van der Waals surface area contributed by atoms with E-state index >= 15 is 0 Å². The Morgan fingerprint density at radius 1 is 1.28 bits per heavy atom. The SMILES string of the molecule is CCC1=C(C)CN(C(=O)NCCc2ccccc2S(=O)(=O)N(C)C(=O)OC)C1=O. The minimum Gasteiger partial charge on any atom is -0.452 e. The van der Waals surface area contributed by atoms with Gasteiger partial charge in [0.1, 0.15) is 0 Å². The van der Waals surface area contributed by atoms with Gasteiger partial charge in [-0.1, -0.05) is 25.1 Å². The number of amides is 4. The van der Waals surface area contributed by atoms with Crippen molar-refractivity contribution in [1.29, 1.82) is 0 Å². The number of urea groups is 1. The topological polar surface area (TPSA) is 113 Å². The minimum absolute atomic E-state index is 0.0508. The maximum Gasteiger partial charge on any atom is 0.423 e. The highest BCUT2D eigenvalue weighted by atomic mass is 32.2. The van der Waals surface area contributed by atoms with Crippen LogP contribution in [-0.2, 0) is 26.0 Å². The summed E-state index contributed by atoms with van der Waals surface area (Å²) in [5.41, 5.74) is 1.94.